The highest BCUT2D eigenvalue weighted by Gasteiger charge is 2.25. The minimum absolute atomic E-state index is 0.128. The lowest BCUT2D eigenvalue weighted by molar-refractivity contribution is -0.137. The van der Waals surface area contributed by atoms with Crippen molar-refractivity contribution in [2.75, 3.05) is 19.8 Å². The van der Waals surface area contributed by atoms with E-state index in [1.54, 1.807) is 24.3 Å². The Hall–Kier alpha value is -3.94. The zero-order valence-corrected chi connectivity index (χ0v) is 19.7. The topological polar surface area (TPSA) is 94.5 Å². The molecule has 0 saturated heterocycles. The molecule has 1 atom stereocenters. The molecule has 3 aliphatic rings. The van der Waals surface area contributed by atoms with E-state index in [1.165, 1.54) is 6.07 Å². The van der Waals surface area contributed by atoms with Crippen molar-refractivity contribution >= 4 is 5.97 Å². The van der Waals surface area contributed by atoms with E-state index in [-0.39, 0.29) is 23.9 Å². The van der Waals surface area contributed by atoms with Crippen LogP contribution in [0.5, 0.6) is 34.5 Å². The maximum absolute atomic E-state index is 13.7. The van der Waals surface area contributed by atoms with Gasteiger partial charge in [-0.1, -0.05) is 6.07 Å². The van der Waals surface area contributed by atoms with E-state index in [4.69, 9.17) is 24.1 Å². The summed E-state index contributed by atoms with van der Waals surface area (Å²) >= 11 is 0. The van der Waals surface area contributed by atoms with Crippen LogP contribution >= 0.6 is 0 Å². The summed E-state index contributed by atoms with van der Waals surface area (Å²) in [6, 6.07) is 13.7. The van der Waals surface area contributed by atoms with Crippen LogP contribution in [0.2, 0.25) is 0 Å². The van der Waals surface area contributed by atoms with Crippen LogP contribution in [-0.4, -0.2) is 36.0 Å². The van der Waals surface area contributed by atoms with Gasteiger partial charge in [-0.15, -0.1) is 0 Å². The first-order chi connectivity index (χ1) is 17.5. The molecule has 1 unspecified atom stereocenters. The van der Waals surface area contributed by atoms with Crippen molar-refractivity contribution in [1.82, 2.24) is 0 Å². The van der Waals surface area contributed by atoms with Gasteiger partial charge in [0.05, 0.1) is 6.61 Å². The molecule has 0 spiro atoms. The van der Waals surface area contributed by atoms with Crippen LogP contribution in [0, 0.1) is 5.82 Å². The molecule has 0 saturated carbocycles. The number of aliphatic carboxylic acids is 1. The van der Waals surface area contributed by atoms with Gasteiger partial charge in [-0.25, -0.2) is 4.39 Å². The van der Waals surface area contributed by atoms with Crippen molar-refractivity contribution in [2.45, 2.75) is 38.0 Å². The summed E-state index contributed by atoms with van der Waals surface area (Å²) in [7, 11) is 0. The molecule has 2 heterocycles. The highest BCUT2D eigenvalue weighted by molar-refractivity contribution is 5.66. The number of carboxylic acids is 1. The van der Waals surface area contributed by atoms with E-state index >= 15 is 0 Å². The fourth-order valence-corrected chi connectivity index (χ4v) is 4.74. The van der Waals surface area contributed by atoms with E-state index in [9.17, 15) is 14.3 Å². The molecule has 1 aliphatic carbocycles. The number of ether oxygens (including phenoxy) is 4. The normalized spacial score (nSPS) is 16.8. The van der Waals surface area contributed by atoms with Crippen LogP contribution in [0.4, 0.5) is 4.39 Å². The lowest BCUT2D eigenvalue weighted by atomic mass is 9.96. The fraction of sp³-hybridized carbons (Fsp3) is 0.321. The van der Waals surface area contributed by atoms with Gasteiger partial charge in [0, 0.05) is 35.6 Å². The number of phenols is 1. The van der Waals surface area contributed by atoms with Crippen LogP contribution in [0.15, 0.2) is 48.5 Å². The second kappa shape index (κ2) is 10.4. The Bertz CT molecular complexity index is 1270. The molecule has 3 aromatic rings. The molecule has 2 N–H and O–H groups in total. The molecule has 0 amide bonds. The highest BCUT2D eigenvalue weighted by Crippen LogP contribution is 2.39. The molecule has 188 valence electrons. The smallest absolute Gasteiger partial charge is 0.303 e. The summed E-state index contributed by atoms with van der Waals surface area (Å²) in [5.41, 5.74) is 2.78. The predicted molar refractivity (Wildman–Crippen MR) is 129 cm³/mol. The average molecular weight is 495 g/mol. The quantitative estimate of drug-likeness (QED) is 0.476. The van der Waals surface area contributed by atoms with Crippen molar-refractivity contribution in [1.29, 1.82) is 0 Å². The summed E-state index contributed by atoms with van der Waals surface area (Å²) in [4.78, 5) is 10.4. The number of hydrogen-bond acceptors (Lipinski definition) is 6. The molecule has 2 aliphatic heterocycles. The van der Waals surface area contributed by atoms with Crippen molar-refractivity contribution in [2.24, 2.45) is 0 Å². The van der Waals surface area contributed by atoms with E-state index in [0.717, 1.165) is 47.5 Å². The first kappa shape index (κ1) is 23.8. The molecule has 36 heavy (non-hydrogen) atoms. The number of fused-ring (bicyclic) bond motifs is 3. The maximum Gasteiger partial charge on any atom is 0.303 e. The number of benzene rings is 3. The summed E-state index contributed by atoms with van der Waals surface area (Å²) in [6.45, 7) is 1.62. The van der Waals surface area contributed by atoms with E-state index in [0.29, 0.717) is 43.5 Å². The molecule has 0 aromatic heterocycles. The molecule has 7 nitrogen and oxygen atoms in total. The number of halogens is 1. The standard InChI is InChI=1S/C17H15FO3.C11H12O4/c18-14-5-7-15(13-3-1-2-12(13)14)21-11-4-6-16-17(10-11)20-9-8-19-16;12-8-2-3-9-7(1-4-11(13)14)6-15-10(9)5-8/h4-7,10H,1-3,8-9H2;2-3,5,7,12H,1,4,6H2,(H,13,14). The molecular formula is C28H27FO7. The predicted octanol–water partition coefficient (Wildman–Crippen LogP) is 5.61. The van der Waals surface area contributed by atoms with Gasteiger partial charge in [0.15, 0.2) is 11.5 Å². The van der Waals surface area contributed by atoms with E-state index < -0.39 is 5.97 Å². The van der Waals surface area contributed by atoms with Gasteiger partial charge in [-0.05, 0) is 61.6 Å². The van der Waals surface area contributed by atoms with Crippen LogP contribution in [0.3, 0.4) is 0 Å². The Balaban J connectivity index is 0.000000157. The Kier molecular flexibility index (Phi) is 6.84. The Labute approximate surface area is 208 Å². The number of hydrogen-bond donors (Lipinski definition) is 2. The number of phenolic OH excluding ortho intramolecular Hbond substituents is 1. The third kappa shape index (κ3) is 5.17. The monoisotopic (exact) mass is 494 g/mol. The zero-order valence-electron chi connectivity index (χ0n) is 19.7. The average Bonchev–Trinajstić information content (AvgIpc) is 3.53. The van der Waals surface area contributed by atoms with Crippen molar-refractivity contribution in [3.05, 3.63) is 71.0 Å². The summed E-state index contributed by atoms with van der Waals surface area (Å²) < 4.78 is 36.1. The van der Waals surface area contributed by atoms with Gasteiger partial charge < -0.3 is 29.2 Å². The van der Waals surface area contributed by atoms with Gasteiger partial charge in [-0.2, -0.15) is 0 Å². The van der Waals surface area contributed by atoms with E-state index in [1.807, 2.05) is 18.2 Å². The third-order valence-corrected chi connectivity index (χ3v) is 6.51. The van der Waals surface area contributed by atoms with Gasteiger partial charge in [0.2, 0.25) is 0 Å². The number of carbonyl (C=O) groups is 1. The Morgan fingerprint density at radius 2 is 1.75 bits per heavy atom. The maximum atomic E-state index is 13.7. The molecule has 8 heteroatoms. The zero-order chi connectivity index (χ0) is 25.1. The number of rotatable bonds is 5. The minimum Gasteiger partial charge on any atom is -0.508 e. The summed E-state index contributed by atoms with van der Waals surface area (Å²) in [5, 5.41) is 17.8. The first-order valence-electron chi connectivity index (χ1n) is 12.0. The Morgan fingerprint density at radius 1 is 0.944 bits per heavy atom. The number of carboxylic acid groups (broad SMARTS) is 1. The van der Waals surface area contributed by atoms with Crippen molar-refractivity contribution < 1.29 is 38.3 Å². The van der Waals surface area contributed by atoms with Crippen LogP contribution in [0.1, 0.15) is 41.9 Å². The molecule has 3 aromatic carbocycles. The van der Waals surface area contributed by atoms with Crippen LogP contribution in [-0.2, 0) is 17.6 Å². The molecular weight excluding hydrogens is 467 g/mol. The highest BCUT2D eigenvalue weighted by atomic mass is 19.1. The number of aromatic hydroxyl groups is 1. The van der Waals surface area contributed by atoms with Gasteiger partial charge >= 0.3 is 5.97 Å². The lowest BCUT2D eigenvalue weighted by Crippen LogP contribution is -2.15. The Morgan fingerprint density at radius 3 is 2.58 bits per heavy atom. The SMILES string of the molecule is Fc1ccc(Oc2ccc3c(c2)OCCO3)c2c1CCC2.O=C(O)CCC1COc2cc(O)ccc21. The summed E-state index contributed by atoms with van der Waals surface area (Å²) in [5.74, 6) is 2.91. The summed E-state index contributed by atoms with van der Waals surface area (Å²) in [6.07, 6.45) is 3.36. The lowest BCUT2D eigenvalue weighted by Gasteiger charge is -2.19. The molecule has 6 rings (SSSR count). The van der Waals surface area contributed by atoms with Gasteiger partial charge in [0.25, 0.3) is 0 Å². The largest absolute Gasteiger partial charge is 0.508 e. The molecule has 0 radical (unpaired) electrons. The van der Waals surface area contributed by atoms with E-state index in [2.05, 4.69) is 0 Å². The van der Waals surface area contributed by atoms with Crippen molar-refractivity contribution in [3.8, 4) is 34.5 Å². The first-order valence-corrected chi connectivity index (χ1v) is 12.0. The van der Waals surface area contributed by atoms with Crippen LogP contribution < -0.4 is 18.9 Å². The van der Waals surface area contributed by atoms with Crippen molar-refractivity contribution in [3.63, 3.8) is 0 Å². The minimum atomic E-state index is -0.790. The van der Waals surface area contributed by atoms with Gasteiger partial charge in [0.1, 0.15) is 42.0 Å². The second-order valence-corrected chi connectivity index (χ2v) is 8.93. The fourth-order valence-electron chi connectivity index (χ4n) is 4.74. The van der Waals surface area contributed by atoms with Crippen LogP contribution in [0.25, 0.3) is 0 Å². The second-order valence-electron chi connectivity index (χ2n) is 8.93. The molecule has 0 fully saturated rings. The third-order valence-electron chi connectivity index (χ3n) is 6.51. The molecule has 0 bridgehead atoms. The van der Waals surface area contributed by atoms with Gasteiger partial charge in [-0.3, -0.25) is 4.79 Å².